The molecule has 4 atom stereocenters. The molecule has 3 aliphatic heterocycles. The van der Waals surface area contributed by atoms with E-state index in [9.17, 15) is 9.50 Å². The van der Waals surface area contributed by atoms with Crippen LogP contribution in [0.4, 0.5) is 19.0 Å². The van der Waals surface area contributed by atoms with Gasteiger partial charge in [0, 0.05) is 53.5 Å². The van der Waals surface area contributed by atoms with Crippen molar-refractivity contribution in [2.75, 3.05) is 44.2 Å². The maximum absolute atomic E-state index is 16.9. The molecule has 7 nitrogen and oxygen atoms in total. The highest BCUT2D eigenvalue weighted by Crippen LogP contribution is 2.42. The van der Waals surface area contributed by atoms with E-state index < -0.39 is 23.0 Å². The fourth-order valence-corrected chi connectivity index (χ4v) is 7.60. The van der Waals surface area contributed by atoms with Gasteiger partial charge in [0.15, 0.2) is 5.82 Å². The van der Waals surface area contributed by atoms with Crippen molar-refractivity contribution in [2.45, 2.75) is 52.1 Å². The molecule has 3 fully saturated rings. The number of piperazine rings is 1. The smallest absolute Gasteiger partial charge is 0.319 e. The number of aromatic hydroxyl groups is 1. The van der Waals surface area contributed by atoms with Crippen molar-refractivity contribution < 1.29 is 23.0 Å². The first-order chi connectivity index (χ1) is 22.1. The quantitative estimate of drug-likeness (QED) is 0.245. The van der Waals surface area contributed by atoms with Crippen molar-refractivity contribution >= 4 is 27.5 Å². The van der Waals surface area contributed by atoms with Crippen molar-refractivity contribution in [1.82, 2.24) is 20.2 Å². The number of likely N-dealkylation sites (tertiary alicyclic amines) is 1. The monoisotopic (exact) mass is 629 g/mol. The summed E-state index contributed by atoms with van der Waals surface area (Å²) in [6.45, 7) is 11.0. The Bertz CT molecular complexity index is 1880. The normalized spacial score (nSPS) is 24.9. The van der Waals surface area contributed by atoms with Gasteiger partial charge in [-0.2, -0.15) is 9.97 Å². The Morgan fingerprint density at radius 3 is 2.57 bits per heavy atom. The van der Waals surface area contributed by atoms with Crippen LogP contribution in [0.3, 0.4) is 0 Å². The van der Waals surface area contributed by atoms with Crippen LogP contribution in [0.25, 0.3) is 32.8 Å². The Morgan fingerprint density at radius 1 is 1.09 bits per heavy atom. The Kier molecular flexibility index (Phi) is 7.73. The van der Waals surface area contributed by atoms with Gasteiger partial charge in [0.05, 0.1) is 17.7 Å². The van der Waals surface area contributed by atoms with E-state index in [4.69, 9.17) is 16.1 Å². The summed E-state index contributed by atoms with van der Waals surface area (Å²) in [6, 6.07) is 6.92. The largest absolute Gasteiger partial charge is 0.508 e. The van der Waals surface area contributed by atoms with Crippen molar-refractivity contribution in [2.24, 2.45) is 11.3 Å². The van der Waals surface area contributed by atoms with E-state index in [-0.39, 0.29) is 56.7 Å². The van der Waals surface area contributed by atoms with E-state index in [1.165, 1.54) is 30.3 Å². The number of phenolic OH excluding ortho intramolecular Hbond substituents is 1. The summed E-state index contributed by atoms with van der Waals surface area (Å²) in [4.78, 5) is 13.8. The number of rotatable bonds is 6. The minimum Gasteiger partial charge on any atom is -0.508 e. The molecule has 7 rings (SSSR count). The first-order valence-electron chi connectivity index (χ1n) is 16.1. The van der Waals surface area contributed by atoms with E-state index in [0.29, 0.717) is 36.8 Å². The fraction of sp³-hybridized carbons (Fsp3) is 0.444. The molecule has 1 aromatic heterocycles. The van der Waals surface area contributed by atoms with E-state index in [1.807, 2.05) is 0 Å². The summed E-state index contributed by atoms with van der Waals surface area (Å²) in [5, 5.41) is 14.8. The molecule has 4 heterocycles. The lowest BCUT2D eigenvalue weighted by Gasteiger charge is -2.44. The van der Waals surface area contributed by atoms with Crippen molar-refractivity contribution in [3.63, 3.8) is 0 Å². The van der Waals surface area contributed by atoms with Gasteiger partial charge in [-0.1, -0.05) is 32.8 Å². The molecule has 3 saturated heterocycles. The van der Waals surface area contributed by atoms with Gasteiger partial charge in [0.1, 0.15) is 28.7 Å². The number of phenols is 1. The first-order valence-corrected chi connectivity index (χ1v) is 16.1. The molecule has 3 aliphatic rings. The number of anilines is 1. The Hall–Kier alpha value is -4.07. The van der Waals surface area contributed by atoms with Gasteiger partial charge in [0.25, 0.3) is 0 Å². The van der Waals surface area contributed by atoms with Crippen LogP contribution in [0, 0.1) is 41.1 Å². The lowest BCUT2D eigenvalue weighted by Crippen LogP contribution is -2.51. The molecule has 0 unspecified atom stereocenters. The van der Waals surface area contributed by atoms with Gasteiger partial charge < -0.3 is 25.0 Å². The highest BCUT2D eigenvalue weighted by Gasteiger charge is 2.38. The van der Waals surface area contributed by atoms with Crippen LogP contribution in [-0.2, 0) is 0 Å². The third kappa shape index (κ3) is 5.19. The van der Waals surface area contributed by atoms with Crippen molar-refractivity contribution in [3.8, 4) is 35.2 Å². The van der Waals surface area contributed by atoms with E-state index in [0.717, 1.165) is 38.9 Å². The number of halogens is 3. The van der Waals surface area contributed by atoms with E-state index >= 15 is 8.78 Å². The highest BCUT2D eigenvalue weighted by molar-refractivity contribution is 6.04. The number of hydrogen-bond donors (Lipinski definition) is 2. The molecule has 0 saturated carbocycles. The van der Waals surface area contributed by atoms with E-state index in [1.54, 1.807) is 0 Å². The molecule has 4 aromatic rings. The van der Waals surface area contributed by atoms with Crippen molar-refractivity contribution in [1.29, 1.82) is 0 Å². The number of aromatic nitrogens is 2. The SMILES string of the molecule is C#Cc1c(F)ccc2cc(O)cc(-c3c(F)cc4c(N5C[C@H]6CC[C@@H](C5)N6)nc(OC[C@@]5(C)CN(CC)CC[C@H]5C)nc4c3F)c12. The lowest BCUT2D eigenvalue weighted by molar-refractivity contribution is 0.0107. The number of fused-ring (bicyclic) bond motifs is 4. The average molecular weight is 630 g/mol. The van der Waals surface area contributed by atoms with Crippen LogP contribution in [0.2, 0.25) is 0 Å². The van der Waals surface area contributed by atoms with Crippen molar-refractivity contribution in [3.05, 3.63) is 53.3 Å². The van der Waals surface area contributed by atoms with Gasteiger partial charge in [-0.25, -0.2) is 13.2 Å². The van der Waals surface area contributed by atoms with Crippen LogP contribution >= 0.6 is 0 Å². The molecule has 46 heavy (non-hydrogen) atoms. The maximum atomic E-state index is 16.9. The zero-order chi connectivity index (χ0) is 32.3. The molecule has 3 aromatic carbocycles. The predicted octanol–water partition coefficient (Wildman–Crippen LogP) is 6.24. The van der Waals surface area contributed by atoms with Crippen LogP contribution in [0.5, 0.6) is 11.8 Å². The summed E-state index contributed by atoms with van der Waals surface area (Å²) in [6.07, 6.45) is 8.73. The minimum absolute atomic E-state index is 0.0167. The average Bonchev–Trinajstić information content (AvgIpc) is 3.38. The summed E-state index contributed by atoms with van der Waals surface area (Å²) >= 11 is 0. The van der Waals surface area contributed by atoms with Gasteiger partial charge in [-0.3, -0.25) is 0 Å². The standard InChI is InChI=1S/C36H38F3N5O2/c1-5-25-28(37)10-7-21-13-24(45)14-26(30(21)25)31-29(38)15-27-33(32(31)39)41-35(42-34(27)44-16-22-8-9-23(17-44)40-22)46-19-36(4)18-43(6-2)12-11-20(36)3/h1,7,10,13-15,20,22-23,40,45H,6,8-9,11-12,16-19H2,2-4H3/t20-,22-,23+,36-/m1/s1. The lowest BCUT2D eigenvalue weighted by atomic mass is 9.74. The number of terminal acetylenes is 1. The molecular formula is C36H38F3N5O2. The Balaban J connectivity index is 1.40. The molecule has 2 N–H and O–H groups in total. The van der Waals surface area contributed by atoms with Crippen LogP contribution in [0.15, 0.2) is 30.3 Å². The van der Waals surface area contributed by atoms with Gasteiger partial charge in [0.2, 0.25) is 0 Å². The number of hydrogen-bond acceptors (Lipinski definition) is 7. The predicted molar refractivity (Wildman–Crippen MR) is 174 cm³/mol. The minimum atomic E-state index is -0.963. The zero-order valence-electron chi connectivity index (χ0n) is 26.3. The molecule has 2 bridgehead atoms. The second-order valence-corrected chi connectivity index (χ2v) is 13.5. The molecule has 10 heteroatoms. The third-order valence-corrected chi connectivity index (χ3v) is 10.5. The molecule has 0 aliphatic carbocycles. The summed E-state index contributed by atoms with van der Waals surface area (Å²) < 4.78 is 54.3. The molecule has 240 valence electrons. The Morgan fingerprint density at radius 2 is 1.85 bits per heavy atom. The summed E-state index contributed by atoms with van der Waals surface area (Å²) in [7, 11) is 0. The number of benzene rings is 3. The van der Waals surface area contributed by atoms with Crippen LogP contribution in [-0.4, -0.2) is 71.4 Å². The molecule has 0 spiro atoms. The number of nitrogens with one attached hydrogen (secondary N) is 1. The van der Waals surface area contributed by atoms with Gasteiger partial charge >= 0.3 is 6.01 Å². The molecular weight excluding hydrogens is 591 g/mol. The highest BCUT2D eigenvalue weighted by atomic mass is 19.1. The van der Waals surface area contributed by atoms with E-state index in [2.05, 4.69) is 46.8 Å². The van der Waals surface area contributed by atoms with Gasteiger partial charge in [-0.15, -0.1) is 6.42 Å². The number of nitrogens with zero attached hydrogens (tertiary/aromatic N) is 4. The maximum Gasteiger partial charge on any atom is 0.319 e. The Labute approximate surface area is 266 Å². The number of ether oxygens (including phenoxy) is 1. The number of piperidine rings is 1. The molecule has 0 amide bonds. The summed E-state index contributed by atoms with van der Waals surface area (Å²) in [5.74, 6) is 0.315. The summed E-state index contributed by atoms with van der Waals surface area (Å²) in [5.41, 5.74) is -0.965. The van der Waals surface area contributed by atoms with Gasteiger partial charge in [-0.05, 0) is 67.9 Å². The topological polar surface area (TPSA) is 73.8 Å². The first kappa shape index (κ1) is 30.6. The van der Waals surface area contributed by atoms with Crippen LogP contribution in [0.1, 0.15) is 45.6 Å². The van der Waals surface area contributed by atoms with Crippen LogP contribution < -0.4 is 15.0 Å². The third-order valence-electron chi connectivity index (χ3n) is 10.5. The second kappa shape index (κ2) is 11.6. The fourth-order valence-electron chi connectivity index (χ4n) is 7.60. The zero-order valence-corrected chi connectivity index (χ0v) is 26.3. The molecule has 0 radical (unpaired) electrons. The second-order valence-electron chi connectivity index (χ2n) is 13.5.